The molecule has 0 aliphatic rings. The topological polar surface area (TPSA) is 120 Å². The molecule has 0 fully saturated rings. The molecule has 0 aliphatic carbocycles. The highest BCUT2D eigenvalue weighted by Crippen LogP contribution is 2.51. The summed E-state index contributed by atoms with van der Waals surface area (Å²) < 4.78 is 9.33. The lowest BCUT2D eigenvalue weighted by atomic mass is 9.97. The first-order valence-corrected chi connectivity index (χ1v) is 27.8. The van der Waals surface area contributed by atoms with Crippen molar-refractivity contribution in [3.05, 3.63) is 218 Å². The monoisotopic (exact) mass is 1060 g/mol. The first-order valence-electron chi connectivity index (χ1n) is 27.8. The van der Waals surface area contributed by atoms with Gasteiger partial charge in [-0.3, -0.25) is 9.13 Å². The van der Waals surface area contributed by atoms with Crippen LogP contribution in [0, 0.1) is 18.3 Å². The van der Waals surface area contributed by atoms with Gasteiger partial charge in [0.05, 0.1) is 66.2 Å². The maximum Gasteiger partial charge on any atom is 0.238 e. The van der Waals surface area contributed by atoms with Crippen LogP contribution in [-0.2, 0) is 0 Å². The normalized spacial score (nSPS) is 12.6. The molecule has 0 saturated heterocycles. The van der Waals surface area contributed by atoms with Crippen LogP contribution in [0.2, 0.25) is 0 Å². The first-order chi connectivity index (χ1) is 41.0. The van der Waals surface area contributed by atoms with E-state index in [2.05, 4.69) is 212 Å². The van der Waals surface area contributed by atoms with Gasteiger partial charge in [-0.05, 0) is 113 Å². The van der Waals surface area contributed by atoms with Crippen LogP contribution in [0.5, 0.6) is 0 Å². The van der Waals surface area contributed by atoms with Crippen molar-refractivity contribution in [2.45, 2.75) is 6.92 Å². The van der Waals surface area contributed by atoms with Crippen LogP contribution in [0.4, 0.5) is 0 Å². The molecule has 0 atom stereocenters. The van der Waals surface area contributed by atoms with Gasteiger partial charge in [0.25, 0.3) is 0 Å². The number of hydrogen-bond donors (Lipinski definition) is 0. The quantitative estimate of drug-likeness (QED) is 0.173. The Morgan fingerprint density at radius 3 is 1.52 bits per heavy atom. The average molecular weight is 1060 g/mol. The lowest BCUT2D eigenvalue weighted by molar-refractivity contribution is 0.983. The fourth-order valence-corrected chi connectivity index (χ4v) is 14.7. The summed E-state index contributed by atoms with van der Waals surface area (Å²) in [5.74, 6) is 0.977. The summed E-state index contributed by atoms with van der Waals surface area (Å²) in [5.41, 5.74) is 15.1. The number of nitrogens with zero attached hydrogens (tertiary/aromatic N) is 11. The zero-order valence-electron chi connectivity index (χ0n) is 44.0. The Hall–Kier alpha value is -11.6. The third kappa shape index (κ3) is 5.38. The number of aryl methyl sites for hydroxylation is 1. The van der Waals surface area contributed by atoms with Gasteiger partial charge in [-0.15, -0.1) is 0 Å². The van der Waals surface area contributed by atoms with Crippen LogP contribution in [-0.4, -0.2) is 47.8 Å². The summed E-state index contributed by atoms with van der Waals surface area (Å²) >= 11 is 0. The summed E-state index contributed by atoms with van der Waals surface area (Å²) in [7, 11) is 0. The second-order valence-corrected chi connectivity index (χ2v) is 22.2. The van der Waals surface area contributed by atoms with E-state index in [1.807, 2.05) is 24.4 Å². The van der Waals surface area contributed by atoms with E-state index in [0.717, 1.165) is 115 Å². The molecule has 10 aromatic carbocycles. The Morgan fingerprint density at radius 2 is 0.867 bits per heavy atom. The van der Waals surface area contributed by atoms with Crippen LogP contribution >= 0.6 is 0 Å². The Morgan fingerprint density at radius 1 is 0.361 bits per heavy atom. The minimum Gasteiger partial charge on any atom is -0.308 e. The van der Waals surface area contributed by atoms with E-state index < -0.39 is 0 Å². The van der Waals surface area contributed by atoms with Crippen LogP contribution < -0.4 is 0 Å². The third-order valence-electron chi connectivity index (χ3n) is 18.1. The molecule has 10 heterocycles. The first kappa shape index (κ1) is 43.3. The summed E-state index contributed by atoms with van der Waals surface area (Å²) in [6.07, 6.45) is 3.70. The van der Waals surface area contributed by atoms with Gasteiger partial charge < -0.3 is 8.80 Å². The van der Waals surface area contributed by atoms with E-state index in [0.29, 0.717) is 28.6 Å². The van der Waals surface area contributed by atoms with Gasteiger partial charge in [-0.2, -0.15) is 15.2 Å². The molecular formula is C72H37N11. The largest absolute Gasteiger partial charge is 0.308 e. The van der Waals surface area contributed by atoms with Crippen molar-refractivity contribution in [2.75, 3.05) is 0 Å². The van der Waals surface area contributed by atoms with Crippen LogP contribution in [0.15, 0.2) is 207 Å². The molecule has 10 aromatic heterocycles. The van der Waals surface area contributed by atoms with Crippen LogP contribution in [0.25, 0.3) is 186 Å². The number of hydrogen-bond acceptors (Lipinski definition) is 7. The highest BCUT2D eigenvalue weighted by Gasteiger charge is 2.29. The summed E-state index contributed by atoms with van der Waals surface area (Å²) in [4.78, 5) is 30.9. The summed E-state index contributed by atoms with van der Waals surface area (Å²) in [5, 5.41) is 30.4. The van der Waals surface area contributed by atoms with Gasteiger partial charge in [0.1, 0.15) is 6.07 Å². The third-order valence-corrected chi connectivity index (χ3v) is 18.1. The van der Waals surface area contributed by atoms with Crippen molar-refractivity contribution in [2.24, 2.45) is 0 Å². The number of benzene rings is 10. The minimum absolute atomic E-state index is 0.277. The van der Waals surface area contributed by atoms with Crippen LogP contribution in [0.3, 0.4) is 0 Å². The Bertz CT molecular complexity index is 6410. The molecular weight excluding hydrogens is 1020 g/mol. The Balaban J connectivity index is 0.844. The predicted octanol–water partition coefficient (Wildman–Crippen LogP) is 17.0. The van der Waals surface area contributed by atoms with Crippen LogP contribution in [0.1, 0.15) is 11.4 Å². The number of fused-ring (bicyclic) bond motifs is 24. The second kappa shape index (κ2) is 15.2. The lowest BCUT2D eigenvalue weighted by Crippen LogP contribution is -2.04. The zero-order chi connectivity index (χ0) is 54.1. The minimum atomic E-state index is 0.277. The number of pyridine rings is 2. The molecule has 20 aromatic rings. The van der Waals surface area contributed by atoms with Gasteiger partial charge in [-0.1, -0.05) is 115 Å². The summed E-state index contributed by atoms with van der Waals surface area (Å²) in [6.45, 7) is 2.09. The van der Waals surface area contributed by atoms with Crippen molar-refractivity contribution in [1.29, 1.82) is 5.26 Å². The maximum atomic E-state index is 10.5. The molecule has 0 saturated carbocycles. The smallest absolute Gasteiger partial charge is 0.238 e. The SMILES string of the molecule is Cc1nc(-n2c3ccccc3c3cc4c5ccccc5n5c6cc7ccccc7cc6c(c32)c45)nc2ncc(-c3cccc4c3c3cc5c6ccccc6n(-c6nc(C#N)c7cccnc7n6)c5c5c6cc7ccccc7cc6n4c35)cc12. The fourth-order valence-electron chi connectivity index (χ4n) is 14.7. The number of aromatic nitrogens is 10. The molecule has 0 spiro atoms. The zero-order valence-corrected chi connectivity index (χ0v) is 44.0. The number of para-hydroxylation sites is 3. The molecule has 0 N–H and O–H groups in total. The molecule has 380 valence electrons. The van der Waals surface area contributed by atoms with Gasteiger partial charge in [0.2, 0.25) is 11.9 Å². The molecule has 0 aliphatic heterocycles. The molecule has 83 heavy (non-hydrogen) atoms. The molecule has 0 amide bonds. The molecule has 0 unspecified atom stereocenters. The van der Waals surface area contributed by atoms with Gasteiger partial charge in [0, 0.05) is 88.0 Å². The number of nitriles is 1. The van der Waals surface area contributed by atoms with E-state index in [9.17, 15) is 5.26 Å². The average Bonchev–Trinajstić information content (AvgIpc) is 1.74. The van der Waals surface area contributed by atoms with E-state index in [1.54, 1.807) is 6.20 Å². The molecule has 0 radical (unpaired) electrons. The van der Waals surface area contributed by atoms with E-state index in [4.69, 9.17) is 24.9 Å². The highest BCUT2D eigenvalue weighted by atomic mass is 15.2. The molecule has 11 heteroatoms. The van der Waals surface area contributed by atoms with Gasteiger partial charge >= 0.3 is 0 Å². The van der Waals surface area contributed by atoms with Crippen molar-refractivity contribution in [3.8, 4) is 29.1 Å². The maximum absolute atomic E-state index is 10.5. The molecule has 20 rings (SSSR count). The number of rotatable bonds is 3. The van der Waals surface area contributed by atoms with Crippen molar-refractivity contribution >= 4 is 163 Å². The lowest BCUT2D eigenvalue weighted by Gasteiger charge is -2.12. The van der Waals surface area contributed by atoms with Crippen molar-refractivity contribution < 1.29 is 0 Å². The van der Waals surface area contributed by atoms with E-state index >= 15 is 0 Å². The van der Waals surface area contributed by atoms with Gasteiger partial charge in [-0.25, -0.2) is 19.9 Å². The molecule has 0 bridgehead atoms. The predicted molar refractivity (Wildman–Crippen MR) is 336 cm³/mol. The summed E-state index contributed by atoms with van der Waals surface area (Å²) in [6, 6.07) is 72.1. The Labute approximate surface area is 468 Å². The second-order valence-electron chi connectivity index (χ2n) is 22.2. The standard InChI is InChI=1S/C72H37N11/c1-37-48-30-42(36-75-70(48)79-71(76-37)82-57-24-10-7-19-45(57)50-33-49-44-18-6-9-23-56(44)80-60-31-40-16-4-2-14-38(40)28-52(60)63(65(49)80)66(50)82)43-21-12-26-59-62(43)54-34-51-46-20-8-11-25-58(46)83(72-77-55(35-73)47-22-13-27-74-69(47)78-72)67(51)64-53-29-39-15-3-5-17-41(39)32-61(53)81(59)68(54)64/h2-34,36H,1H3. The van der Waals surface area contributed by atoms with Crippen molar-refractivity contribution in [1.82, 2.24) is 47.8 Å². The van der Waals surface area contributed by atoms with E-state index in [-0.39, 0.29) is 5.69 Å². The van der Waals surface area contributed by atoms with E-state index in [1.165, 1.54) is 48.9 Å². The van der Waals surface area contributed by atoms with Gasteiger partial charge in [0.15, 0.2) is 17.0 Å². The fraction of sp³-hybridized carbons (Fsp3) is 0.0139. The highest BCUT2D eigenvalue weighted by molar-refractivity contribution is 6.37. The molecule has 11 nitrogen and oxygen atoms in total. The van der Waals surface area contributed by atoms with Crippen molar-refractivity contribution in [3.63, 3.8) is 0 Å². The Kier molecular flexibility index (Phi) is 7.92.